The van der Waals surface area contributed by atoms with Crippen LogP contribution in [0.2, 0.25) is 0 Å². The first-order valence-electron chi connectivity index (χ1n) is 7.79. The topological polar surface area (TPSA) is 64.2 Å². The van der Waals surface area contributed by atoms with Crippen molar-refractivity contribution in [2.24, 2.45) is 5.73 Å². The predicted octanol–water partition coefficient (Wildman–Crippen LogP) is 1.06. The van der Waals surface area contributed by atoms with Crippen LogP contribution in [0.4, 0.5) is 4.39 Å². The highest BCUT2D eigenvalue weighted by Gasteiger charge is 2.31. The molecule has 1 atom stereocenters. The largest absolute Gasteiger partial charge is 0.328 e. The molecule has 0 amide bonds. The van der Waals surface area contributed by atoms with Crippen LogP contribution in [0.3, 0.4) is 0 Å². The van der Waals surface area contributed by atoms with Gasteiger partial charge in [0.25, 0.3) is 5.56 Å². The van der Waals surface area contributed by atoms with Crippen molar-refractivity contribution in [1.82, 2.24) is 14.5 Å². The van der Waals surface area contributed by atoms with Gasteiger partial charge in [0.1, 0.15) is 5.82 Å². The van der Waals surface area contributed by atoms with Crippen molar-refractivity contribution in [1.29, 1.82) is 0 Å². The lowest BCUT2D eigenvalue weighted by Gasteiger charge is -2.32. The van der Waals surface area contributed by atoms with Gasteiger partial charge in [0.2, 0.25) is 0 Å². The van der Waals surface area contributed by atoms with E-state index >= 15 is 0 Å². The molecule has 5 nitrogen and oxygen atoms in total. The van der Waals surface area contributed by atoms with E-state index in [4.69, 9.17) is 5.73 Å². The molecule has 2 aromatic heterocycles. The van der Waals surface area contributed by atoms with Gasteiger partial charge in [-0.2, -0.15) is 0 Å². The van der Waals surface area contributed by atoms with Gasteiger partial charge in [-0.05, 0) is 32.0 Å². The van der Waals surface area contributed by atoms with E-state index in [1.807, 2.05) is 0 Å². The Kier molecular flexibility index (Phi) is 3.23. The lowest BCUT2D eigenvalue weighted by atomic mass is 9.98. The fourth-order valence-electron chi connectivity index (χ4n) is 3.74. The number of halogens is 1. The van der Waals surface area contributed by atoms with Crippen LogP contribution >= 0.6 is 0 Å². The van der Waals surface area contributed by atoms with E-state index in [0.29, 0.717) is 23.1 Å². The lowest BCUT2D eigenvalue weighted by Crippen LogP contribution is -2.41. The highest BCUT2D eigenvalue weighted by molar-refractivity contribution is 5.80. The van der Waals surface area contributed by atoms with Crippen LogP contribution in [-0.4, -0.2) is 40.1 Å². The van der Waals surface area contributed by atoms with Gasteiger partial charge in [-0.1, -0.05) is 0 Å². The number of nitrogens with two attached hydrogens (primary N) is 1. The van der Waals surface area contributed by atoms with E-state index in [1.54, 1.807) is 10.6 Å². The van der Waals surface area contributed by atoms with Crippen molar-refractivity contribution in [3.8, 4) is 0 Å². The molecule has 4 heterocycles. The average molecular weight is 302 g/mol. The molecule has 2 aromatic rings. The molecule has 116 valence electrons. The highest BCUT2D eigenvalue weighted by atomic mass is 19.1. The molecule has 0 spiro atoms. The summed E-state index contributed by atoms with van der Waals surface area (Å²) in [5.74, 6) is -0.294. The minimum Gasteiger partial charge on any atom is -0.328 e. The van der Waals surface area contributed by atoms with Crippen molar-refractivity contribution in [2.75, 3.05) is 19.6 Å². The first-order chi connectivity index (χ1) is 10.6. The quantitative estimate of drug-likeness (QED) is 0.901. The zero-order valence-corrected chi connectivity index (χ0v) is 12.3. The number of rotatable bonds is 2. The molecule has 22 heavy (non-hydrogen) atoms. The third kappa shape index (κ3) is 2.14. The van der Waals surface area contributed by atoms with Crippen molar-refractivity contribution in [3.63, 3.8) is 0 Å². The van der Waals surface area contributed by atoms with Gasteiger partial charge < -0.3 is 15.2 Å². The summed E-state index contributed by atoms with van der Waals surface area (Å²) in [6, 6.07) is 3.47. The van der Waals surface area contributed by atoms with Crippen molar-refractivity contribution >= 4 is 11.0 Å². The molecule has 0 aromatic carbocycles. The molecule has 0 unspecified atom stereocenters. The summed E-state index contributed by atoms with van der Waals surface area (Å²) in [6.07, 6.45) is 3.23. The number of pyridine rings is 2. The Morgan fingerprint density at radius 2 is 2.09 bits per heavy atom. The second-order valence-corrected chi connectivity index (χ2v) is 6.37. The minimum absolute atomic E-state index is 0.00919. The van der Waals surface area contributed by atoms with E-state index in [-0.39, 0.29) is 23.3 Å². The molecule has 0 radical (unpaired) electrons. The third-order valence-electron chi connectivity index (χ3n) is 4.91. The summed E-state index contributed by atoms with van der Waals surface area (Å²) >= 11 is 0. The first-order valence-corrected chi connectivity index (χ1v) is 7.79. The summed E-state index contributed by atoms with van der Waals surface area (Å²) in [4.78, 5) is 18.5. The maximum atomic E-state index is 14.3. The molecule has 2 aliphatic heterocycles. The zero-order valence-electron chi connectivity index (χ0n) is 12.3. The summed E-state index contributed by atoms with van der Waals surface area (Å²) in [5, 5.41) is 0. The molecule has 2 aliphatic rings. The van der Waals surface area contributed by atoms with Crippen LogP contribution in [-0.2, 0) is 6.54 Å². The molecule has 0 saturated carbocycles. The van der Waals surface area contributed by atoms with Crippen LogP contribution < -0.4 is 11.3 Å². The molecule has 0 bridgehead atoms. The molecule has 0 aliphatic carbocycles. The number of hydrogen-bond acceptors (Lipinski definition) is 4. The molecule has 4 rings (SSSR count). The molecule has 2 N–H and O–H groups in total. The molecule has 1 saturated heterocycles. The highest BCUT2D eigenvalue weighted by Crippen LogP contribution is 2.34. The summed E-state index contributed by atoms with van der Waals surface area (Å²) in [5.41, 5.74) is 7.88. The smallest absolute Gasteiger partial charge is 0.251 e. The number of hydrogen-bond donors (Lipinski definition) is 1. The second kappa shape index (κ2) is 5.14. The van der Waals surface area contributed by atoms with Crippen LogP contribution in [0.1, 0.15) is 24.3 Å². The predicted molar refractivity (Wildman–Crippen MR) is 82.4 cm³/mol. The van der Waals surface area contributed by atoms with Crippen LogP contribution in [0.25, 0.3) is 11.0 Å². The third-order valence-corrected chi connectivity index (χ3v) is 4.91. The molecular weight excluding hydrogens is 283 g/mol. The fourth-order valence-corrected chi connectivity index (χ4v) is 3.74. The summed E-state index contributed by atoms with van der Waals surface area (Å²) in [7, 11) is 0. The van der Waals surface area contributed by atoms with Crippen molar-refractivity contribution in [3.05, 3.63) is 40.1 Å². The standard InChI is InChI=1S/C16H19FN4O/c17-12-7-19-13-1-2-14(22)21-9-10(15(12)16(13)21)8-20-5-3-11(18)4-6-20/h1-2,7,10-11H,3-6,8-9,18H2/t10-/m0/s1. The Morgan fingerprint density at radius 3 is 2.86 bits per heavy atom. The second-order valence-electron chi connectivity index (χ2n) is 6.37. The Hall–Kier alpha value is -1.79. The van der Waals surface area contributed by atoms with E-state index in [2.05, 4.69) is 9.88 Å². The number of aromatic nitrogens is 2. The van der Waals surface area contributed by atoms with E-state index in [0.717, 1.165) is 32.5 Å². The van der Waals surface area contributed by atoms with Gasteiger partial charge in [0, 0.05) is 36.7 Å². The monoisotopic (exact) mass is 302 g/mol. The van der Waals surface area contributed by atoms with Crippen molar-refractivity contribution in [2.45, 2.75) is 31.3 Å². The first kappa shape index (κ1) is 13.8. The van der Waals surface area contributed by atoms with Crippen molar-refractivity contribution < 1.29 is 4.39 Å². The van der Waals surface area contributed by atoms with Gasteiger partial charge in [0.05, 0.1) is 17.2 Å². The SMILES string of the molecule is NC1CCN(C[C@H]2Cn3c(=O)ccc4ncc(F)c2c43)CC1. The molecular formula is C16H19FN4O. The average Bonchev–Trinajstić information content (AvgIpc) is 2.89. The van der Waals surface area contributed by atoms with Gasteiger partial charge in [0.15, 0.2) is 0 Å². The maximum absolute atomic E-state index is 14.3. The van der Waals surface area contributed by atoms with E-state index in [9.17, 15) is 9.18 Å². The van der Waals surface area contributed by atoms with Gasteiger partial charge >= 0.3 is 0 Å². The van der Waals surface area contributed by atoms with Crippen LogP contribution in [0.5, 0.6) is 0 Å². The molecule has 1 fully saturated rings. The zero-order chi connectivity index (χ0) is 15.3. The number of nitrogens with zero attached hydrogens (tertiary/aromatic N) is 3. The Morgan fingerprint density at radius 1 is 1.32 bits per heavy atom. The van der Waals surface area contributed by atoms with Gasteiger partial charge in [-0.3, -0.25) is 9.78 Å². The van der Waals surface area contributed by atoms with E-state index < -0.39 is 0 Å². The summed E-state index contributed by atoms with van der Waals surface area (Å²) in [6.45, 7) is 3.19. The Labute approximate surface area is 127 Å². The Bertz CT molecular complexity index is 780. The van der Waals surface area contributed by atoms with E-state index in [1.165, 1.54) is 12.3 Å². The Balaban J connectivity index is 1.70. The maximum Gasteiger partial charge on any atom is 0.251 e. The fraction of sp³-hybridized carbons (Fsp3) is 0.500. The van der Waals surface area contributed by atoms with Crippen LogP contribution in [0.15, 0.2) is 23.1 Å². The van der Waals surface area contributed by atoms with Gasteiger partial charge in [-0.25, -0.2) is 4.39 Å². The minimum atomic E-state index is -0.303. The van der Waals surface area contributed by atoms with Crippen LogP contribution in [0, 0.1) is 5.82 Å². The normalized spacial score (nSPS) is 22.5. The lowest BCUT2D eigenvalue weighted by molar-refractivity contribution is 0.198. The number of piperidine rings is 1. The van der Waals surface area contributed by atoms with Gasteiger partial charge in [-0.15, -0.1) is 0 Å². The molecule has 6 heteroatoms. The number of likely N-dealkylation sites (tertiary alicyclic amines) is 1. The summed E-state index contributed by atoms with van der Waals surface area (Å²) < 4.78 is 16.0.